The molecule has 7 nitrogen and oxygen atoms in total. The number of nitro benzene ring substituents is 1. The highest BCUT2D eigenvalue weighted by Crippen LogP contribution is 2.27. The first kappa shape index (κ1) is 16.7. The number of nitrogens with one attached hydrogen (secondary N) is 1. The van der Waals surface area contributed by atoms with Crippen molar-refractivity contribution in [3.8, 4) is 0 Å². The van der Waals surface area contributed by atoms with E-state index in [0.717, 1.165) is 12.1 Å². The van der Waals surface area contributed by atoms with Gasteiger partial charge in [-0.15, -0.1) is 0 Å². The summed E-state index contributed by atoms with van der Waals surface area (Å²) in [6.45, 7) is 3.89. The molecular weight excluding hydrogens is 302 g/mol. The highest BCUT2D eigenvalue weighted by Gasteiger charge is 2.28. The summed E-state index contributed by atoms with van der Waals surface area (Å²) in [5, 5.41) is 10.9. The predicted octanol–water partition coefficient (Wildman–Crippen LogP) is 1.60. The summed E-state index contributed by atoms with van der Waals surface area (Å²) < 4.78 is 26.4. The third-order valence-electron chi connectivity index (χ3n) is 2.71. The Hall–Kier alpha value is -1.32. The smallest absolute Gasteiger partial charge is 0.289 e. The van der Waals surface area contributed by atoms with Gasteiger partial charge in [-0.3, -0.25) is 10.1 Å². The fourth-order valence-corrected chi connectivity index (χ4v) is 3.04. The molecule has 1 aromatic carbocycles. The standard InChI is InChI=1S/C11H17N3O4S2/c1-11(2,19-3)7-13-20(17,18)10-6-8(12)4-5-9(10)14(15)16/h4-6,13H,7,12H2,1-3H3. The van der Waals surface area contributed by atoms with Crippen molar-refractivity contribution < 1.29 is 13.3 Å². The van der Waals surface area contributed by atoms with Crippen LogP contribution in [0.1, 0.15) is 13.8 Å². The van der Waals surface area contributed by atoms with E-state index in [0.29, 0.717) is 0 Å². The van der Waals surface area contributed by atoms with E-state index in [1.54, 1.807) is 0 Å². The molecule has 112 valence electrons. The number of anilines is 1. The van der Waals surface area contributed by atoms with Gasteiger partial charge < -0.3 is 5.73 Å². The summed E-state index contributed by atoms with van der Waals surface area (Å²) in [4.78, 5) is 9.75. The van der Waals surface area contributed by atoms with E-state index in [4.69, 9.17) is 5.73 Å². The summed E-state index contributed by atoms with van der Waals surface area (Å²) >= 11 is 1.49. The normalized spacial score (nSPS) is 12.3. The molecular formula is C11H17N3O4S2. The van der Waals surface area contributed by atoms with Gasteiger partial charge in [-0.05, 0) is 32.2 Å². The lowest BCUT2D eigenvalue weighted by Crippen LogP contribution is -2.36. The van der Waals surface area contributed by atoms with Crippen LogP contribution < -0.4 is 10.5 Å². The fourth-order valence-electron chi connectivity index (χ4n) is 1.32. The van der Waals surface area contributed by atoms with Gasteiger partial charge in [-0.2, -0.15) is 11.8 Å². The van der Waals surface area contributed by atoms with Crippen molar-refractivity contribution in [1.82, 2.24) is 4.72 Å². The van der Waals surface area contributed by atoms with Crippen molar-refractivity contribution in [2.75, 3.05) is 18.5 Å². The van der Waals surface area contributed by atoms with Crippen molar-refractivity contribution in [1.29, 1.82) is 0 Å². The molecule has 0 aliphatic heterocycles. The van der Waals surface area contributed by atoms with Crippen molar-refractivity contribution >= 4 is 33.2 Å². The quantitative estimate of drug-likeness (QED) is 0.467. The lowest BCUT2D eigenvalue weighted by molar-refractivity contribution is -0.387. The van der Waals surface area contributed by atoms with Gasteiger partial charge in [-0.1, -0.05) is 0 Å². The van der Waals surface area contributed by atoms with Crippen LogP contribution in [0.3, 0.4) is 0 Å². The van der Waals surface area contributed by atoms with Crippen LogP contribution in [-0.4, -0.2) is 30.9 Å². The fraction of sp³-hybridized carbons (Fsp3) is 0.455. The van der Waals surface area contributed by atoms with E-state index in [1.807, 2.05) is 20.1 Å². The number of benzene rings is 1. The van der Waals surface area contributed by atoms with Crippen LogP contribution in [0.4, 0.5) is 11.4 Å². The summed E-state index contributed by atoms with van der Waals surface area (Å²) in [6.07, 6.45) is 1.86. The Kier molecular flexibility index (Phi) is 5.00. The van der Waals surface area contributed by atoms with Gasteiger partial charge >= 0.3 is 0 Å². The highest BCUT2D eigenvalue weighted by molar-refractivity contribution is 8.00. The van der Waals surface area contributed by atoms with Crippen molar-refractivity contribution in [3.05, 3.63) is 28.3 Å². The average molecular weight is 319 g/mol. The topological polar surface area (TPSA) is 115 Å². The Bertz CT molecular complexity index is 614. The number of nitro groups is 1. The minimum Gasteiger partial charge on any atom is -0.399 e. The Morgan fingerprint density at radius 2 is 2.05 bits per heavy atom. The molecule has 0 spiro atoms. The molecule has 0 amide bonds. The first-order valence-corrected chi connectivity index (χ1v) is 8.38. The molecule has 0 unspecified atom stereocenters. The van der Waals surface area contributed by atoms with Gasteiger partial charge in [0.25, 0.3) is 5.69 Å². The van der Waals surface area contributed by atoms with Gasteiger partial charge in [-0.25, -0.2) is 13.1 Å². The highest BCUT2D eigenvalue weighted by atomic mass is 32.2. The predicted molar refractivity (Wildman–Crippen MR) is 80.3 cm³/mol. The van der Waals surface area contributed by atoms with Crippen LogP contribution >= 0.6 is 11.8 Å². The first-order valence-electron chi connectivity index (χ1n) is 5.68. The molecule has 0 saturated carbocycles. The van der Waals surface area contributed by atoms with Crippen LogP contribution in [0.15, 0.2) is 23.1 Å². The van der Waals surface area contributed by atoms with Gasteiger partial charge in [0.1, 0.15) is 0 Å². The number of rotatable bonds is 6. The lowest BCUT2D eigenvalue weighted by Gasteiger charge is -2.22. The van der Waals surface area contributed by atoms with E-state index in [-0.39, 0.29) is 17.0 Å². The van der Waals surface area contributed by atoms with Gasteiger partial charge in [0.15, 0.2) is 4.90 Å². The molecule has 0 aromatic heterocycles. The number of thioether (sulfide) groups is 1. The zero-order valence-corrected chi connectivity index (χ0v) is 13.0. The number of hydrogen-bond donors (Lipinski definition) is 2. The van der Waals surface area contributed by atoms with Gasteiger partial charge in [0.2, 0.25) is 10.0 Å². The summed E-state index contributed by atoms with van der Waals surface area (Å²) in [5.41, 5.74) is 5.17. The molecule has 0 heterocycles. The number of nitrogens with two attached hydrogens (primary N) is 1. The molecule has 3 N–H and O–H groups in total. The number of nitrogens with zero attached hydrogens (tertiary/aromatic N) is 1. The third kappa shape index (κ3) is 4.09. The summed E-state index contributed by atoms with van der Waals surface area (Å²) in [5.74, 6) is 0. The summed E-state index contributed by atoms with van der Waals surface area (Å²) in [7, 11) is -3.99. The van der Waals surface area contributed by atoms with Gasteiger partial charge in [0.05, 0.1) is 4.92 Å². The molecule has 9 heteroatoms. The first-order chi connectivity index (χ1) is 9.09. The largest absolute Gasteiger partial charge is 0.399 e. The second kappa shape index (κ2) is 5.98. The van der Waals surface area contributed by atoms with E-state index >= 15 is 0 Å². The second-order valence-corrected chi connectivity index (χ2v) is 8.02. The number of sulfonamides is 1. The monoisotopic (exact) mass is 319 g/mol. The molecule has 0 radical (unpaired) electrons. The minimum absolute atomic E-state index is 0.153. The molecule has 0 saturated heterocycles. The molecule has 0 atom stereocenters. The van der Waals surface area contributed by atoms with Crippen LogP contribution in [0.2, 0.25) is 0 Å². The molecule has 0 aliphatic carbocycles. The molecule has 1 rings (SSSR count). The average Bonchev–Trinajstić information content (AvgIpc) is 2.36. The van der Waals surface area contributed by atoms with E-state index < -0.39 is 25.5 Å². The van der Waals surface area contributed by atoms with E-state index in [1.165, 1.54) is 17.8 Å². The molecule has 0 bridgehead atoms. The third-order valence-corrected chi connectivity index (χ3v) is 5.39. The molecule has 1 aromatic rings. The molecule has 0 aliphatic rings. The second-order valence-electron chi connectivity index (χ2n) is 4.77. The maximum absolute atomic E-state index is 12.2. The van der Waals surface area contributed by atoms with Gasteiger partial charge in [0, 0.05) is 23.0 Å². The maximum atomic E-state index is 12.2. The minimum atomic E-state index is -3.99. The van der Waals surface area contributed by atoms with Crippen molar-refractivity contribution in [2.24, 2.45) is 0 Å². The Morgan fingerprint density at radius 1 is 1.45 bits per heavy atom. The zero-order valence-electron chi connectivity index (χ0n) is 11.4. The Balaban J connectivity index is 3.16. The number of nitrogen functional groups attached to an aromatic ring is 1. The number of hydrogen-bond acceptors (Lipinski definition) is 6. The van der Waals surface area contributed by atoms with Crippen LogP contribution in [0.5, 0.6) is 0 Å². The maximum Gasteiger partial charge on any atom is 0.289 e. The Morgan fingerprint density at radius 3 is 2.55 bits per heavy atom. The van der Waals surface area contributed by atoms with Crippen LogP contribution in [-0.2, 0) is 10.0 Å². The van der Waals surface area contributed by atoms with Crippen LogP contribution in [0.25, 0.3) is 0 Å². The molecule has 0 fully saturated rings. The van der Waals surface area contributed by atoms with E-state index in [9.17, 15) is 18.5 Å². The molecule has 20 heavy (non-hydrogen) atoms. The van der Waals surface area contributed by atoms with Crippen molar-refractivity contribution in [2.45, 2.75) is 23.5 Å². The SMILES string of the molecule is CSC(C)(C)CNS(=O)(=O)c1cc(N)ccc1[N+](=O)[O-]. The lowest BCUT2D eigenvalue weighted by atomic mass is 10.2. The van der Waals surface area contributed by atoms with E-state index in [2.05, 4.69) is 4.72 Å². The zero-order chi connectivity index (χ0) is 15.6. The van der Waals surface area contributed by atoms with Crippen molar-refractivity contribution in [3.63, 3.8) is 0 Å². The Labute approximate surface area is 122 Å². The summed E-state index contributed by atoms with van der Waals surface area (Å²) in [6, 6.07) is 3.47. The van der Waals surface area contributed by atoms with Crippen LogP contribution in [0, 0.1) is 10.1 Å².